The third-order valence-electron chi connectivity index (χ3n) is 3.77. The second-order valence-corrected chi connectivity index (χ2v) is 7.05. The molecule has 0 heterocycles. The average molecular weight is 327 g/mol. The molecular weight excluding hydrogens is 302 g/mol. The summed E-state index contributed by atoms with van der Waals surface area (Å²) in [6.07, 6.45) is 0. The lowest BCUT2D eigenvalue weighted by Crippen LogP contribution is -2.39. The molecule has 1 unspecified atom stereocenters. The van der Waals surface area contributed by atoms with Gasteiger partial charge in [-0.15, -0.1) is 0 Å². The van der Waals surface area contributed by atoms with E-state index in [1.54, 1.807) is 37.9 Å². The van der Waals surface area contributed by atoms with E-state index in [1.807, 2.05) is 6.92 Å². The number of nitrogens with zero attached hydrogens (tertiary/aromatic N) is 2. The summed E-state index contributed by atoms with van der Waals surface area (Å²) in [5.74, 6) is -0.176. The molecule has 1 aromatic rings. The van der Waals surface area contributed by atoms with Crippen molar-refractivity contribution >= 4 is 15.9 Å². The molecule has 0 aromatic heterocycles. The Morgan fingerprint density at radius 2 is 1.68 bits per heavy atom. The number of benzene rings is 1. The molecule has 0 aliphatic heterocycles. The molecule has 7 heteroatoms. The van der Waals surface area contributed by atoms with Crippen LogP contribution in [0.25, 0.3) is 0 Å². The molecule has 6 nitrogen and oxygen atoms in total. The molecule has 0 fully saturated rings. The van der Waals surface area contributed by atoms with Crippen LogP contribution < -0.4 is 5.73 Å². The van der Waals surface area contributed by atoms with Crippen molar-refractivity contribution in [1.82, 2.24) is 9.21 Å². The van der Waals surface area contributed by atoms with Gasteiger partial charge in [-0.05, 0) is 31.2 Å². The van der Waals surface area contributed by atoms with Crippen molar-refractivity contribution in [2.75, 3.05) is 26.7 Å². The van der Waals surface area contributed by atoms with E-state index in [-0.39, 0.29) is 16.8 Å². The number of hydrogen-bond donors (Lipinski definition) is 1. The van der Waals surface area contributed by atoms with Crippen molar-refractivity contribution in [1.29, 1.82) is 0 Å². The Bertz CT molecular complexity index is 595. The first-order valence-electron chi connectivity index (χ1n) is 7.37. The highest BCUT2D eigenvalue weighted by molar-refractivity contribution is 7.89. The number of amides is 1. The van der Waals surface area contributed by atoms with Crippen LogP contribution in [-0.4, -0.2) is 56.3 Å². The molecule has 1 rings (SSSR count). The number of hydrogen-bond acceptors (Lipinski definition) is 4. The van der Waals surface area contributed by atoms with Crippen molar-refractivity contribution in [3.8, 4) is 0 Å². The Kier molecular flexibility index (Phi) is 6.52. The standard InChI is InChI=1S/C15H25N3O3S/c1-5-18(6-2)22(20,21)14-9-7-13(8-10-14)15(19)17(4)12(3)11-16/h7-10,12H,5-6,11,16H2,1-4H3. The number of nitrogens with two attached hydrogens (primary N) is 1. The zero-order valence-electron chi connectivity index (χ0n) is 13.6. The van der Waals surface area contributed by atoms with E-state index in [9.17, 15) is 13.2 Å². The molecule has 0 aliphatic rings. The van der Waals surface area contributed by atoms with Crippen molar-refractivity contribution in [3.05, 3.63) is 29.8 Å². The highest BCUT2D eigenvalue weighted by Crippen LogP contribution is 2.17. The summed E-state index contributed by atoms with van der Waals surface area (Å²) in [6, 6.07) is 5.95. The first-order valence-corrected chi connectivity index (χ1v) is 8.81. The largest absolute Gasteiger partial charge is 0.338 e. The highest BCUT2D eigenvalue weighted by atomic mass is 32.2. The lowest BCUT2D eigenvalue weighted by Gasteiger charge is -2.24. The van der Waals surface area contributed by atoms with E-state index in [1.165, 1.54) is 16.4 Å². The van der Waals surface area contributed by atoms with Crippen molar-refractivity contribution in [2.45, 2.75) is 31.7 Å². The van der Waals surface area contributed by atoms with Gasteiger partial charge in [0, 0.05) is 38.3 Å². The van der Waals surface area contributed by atoms with Crippen molar-refractivity contribution in [3.63, 3.8) is 0 Å². The van der Waals surface area contributed by atoms with Crippen LogP contribution in [0.2, 0.25) is 0 Å². The predicted molar refractivity (Wildman–Crippen MR) is 87.2 cm³/mol. The monoisotopic (exact) mass is 327 g/mol. The van der Waals surface area contributed by atoms with E-state index in [0.717, 1.165) is 0 Å². The zero-order chi connectivity index (χ0) is 16.9. The third-order valence-corrected chi connectivity index (χ3v) is 5.83. The van der Waals surface area contributed by atoms with Gasteiger partial charge in [-0.3, -0.25) is 4.79 Å². The molecule has 2 N–H and O–H groups in total. The summed E-state index contributed by atoms with van der Waals surface area (Å²) in [4.78, 5) is 14.0. The Morgan fingerprint density at radius 1 is 1.18 bits per heavy atom. The van der Waals surface area contributed by atoms with E-state index in [0.29, 0.717) is 25.2 Å². The van der Waals surface area contributed by atoms with Gasteiger partial charge in [0.05, 0.1) is 4.90 Å². The maximum Gasteiger partial charge on any atom is 0.253 e. The average Bonchev–Trinajstić information content (AvgIpc) is 2.53. The first-order chi connectivity index (χ1) is 10.3. The molecular formula is C15H25N3O3S. The Labute approximate surface area is 132 Å². The second-order valence-electron chi connectivity index (χ2n) is 5.11. The lowest BCUT2D eigenvalue weighted by molar-refractivity contribution is 0.0748. The molecule has 0 spiro atoms. The van der Waals surface area contributed by atoms with Gasteiger partial charge in [0.15, 0.2) is 0 Å². The molecule has 0 radical (unpaired) electrons. The minimum atomic E-state index is -3.50. The van der Waals surface area contributed by atoms with E-state index < -0.39 is 10.0 Å². The van der Waals surface area contributed by atoms with Crippen LogP contribution in [0.5, 0.6) is 0 Å². The maximum absolute atomic E-state index is 12.4. The van der Waals surface area contributed by atoms with Gasteiger partial charge < -0.3 is 10.6 Å². The molecule has 0 aliphatic carbocycles. The number of carbonyl (C=O) groups is 1. The topological polar surface area (TPSA) is 83.7 Å². The minimum absolute atomic E-state index is 0.0772. The number of likely N-dealkylation sites (N-methyl/N-ethyl adjacent to an activating group) is 1. The first kappa shape index (κ1) is 18.6. The SMILES string of the molecule is CCN(CC)S(=O)(=O)c1ccc(C(=O)N(C)C(C)CN)cc1. The van der Waals surface area contributed by atoms with Crippen molar-refractivity contribution in [2.24, 2.45) is 5.73 Å². The van der Waals surface area contributed by atoms with Gasteiger partial charge >= 0.3 is 0 Å². The molecule has 1 atom stereocenters. The molecule has 124 valence electrons. The molecule has 1 aromatic carbocycles. The van der Waals surface area contributed by atoms with Crippen LogP contribution in [0.4, 0.5) is 0 Å². The van der Waals surface area contributed by atoms with Crippen molar-refractivity contribution < 1.29 is 13.2 Å². The molecule has 22 heavy (non-hydrogen) atoms. The summed E-state index contributed by atoms with van der Waals surface area (Å²) in [6.45, 7) is 6.64. The fourth-order valence-corrected chi connectivity index (χ4v) is 3.50. The van der Waals surface area contributed by atoms with Crippen LogP contribution in [0.1, 0.15) is 31.1 Å². The molecule has 0 saturated heterocycles. The lowest BCUT2D eigenvalue weighted by atomic mass is 10.2. The van der Waals surface area contributed by atoms with E-state index >= 15 is 0 Å². The van der Waals surface area contributed by atoms with Gasteiger partial charge in [0.1, 0.15) is 0 Å². The fourth-order valence-electron chi connectivity index (χ4n) is 2.04. The van der Waals surface area contributed by atoms with Crippen LogP contribution >= 0.6 is 0 Å². The maximum atomic E-state index is 12.4. The van der Waals surface area contributed by atoms with E-state index in [4.69, 9.17) is 5.73 Å². The van der Waals surface area contributed by atoms with Crippen LogP contribution in [0.15, 0.2) is 29.2 Å². The van der Waals surface area contributed by atoms with E-state index in [2.05, 4.69) is 0 Å². The van der Waals surface area contributed by atoms with Crippen LogP contribution in [-0.2, 0) is 10.0 Å². The summed E-state index contributed by atoms with van der Waals surface area (Å²) in [5, 5.41) is 0. The van der Waals surface area contributed by atoms with Gasteiger partial charge in [-0.2, -0.15) is 4.31 Å². The van der Waals surface area contributed by atoms with Gasteiger partial charge in [0.25, 0.3) is 5.91 Å². The van der Waals surface area contributed by atoms with Gasteiger partial charge in [-0.1, -0.05) is 13.8 Å². The van der Waals surface area contributed by atoms with Crippen LogP contribution in [0, 0.1) is 0 Å². The highest BCUT2D eigenvalue weighted by Gasteiger charge is 2.22. The minimum Gasteiger partial charge on any atom is -0.338 e. The van der Waals surface area contributed by atoms with Gasteiger partial charge in [-0.25, -0.2) is 8.42 Å². The smallest absolute Gasteiger partial charge is 0.253 e. The Hall–Kier alpha value is -1.44. The number of rotatable bonds is 7. The third kappa shape index (κ3) is 3.85. The summed E-state index contributed by atoms with van der Waals surface area (Å²) in [5.41, 5.74) is 6.00. The Morgan fingerprint density at radius 3 is 2.09 bits per heavy atom. The second kappa shape index (κ2) is 7.71. The number of sulfonamides is 1. The zero-order valence-corrected chi connectivity index (χ0v) is 14.4. The predicted octanol–water partition coefficient (Wildman–Crippen LogP) is 1.14. The summed E-state index contributed by atoms with van der Waals surface area (Å²) >= 11 is 0. The summed E-state index contributed by atoms with van der Waals surface area (Å²) in [7, 11) is -1.82. The van der Waals surface area contributed by atoms with Gasteiger partial charge in [0.2, 0.25) is 10.0 Å². The molecule has 1 amide bonds. The van der Waals surface area contributed by atoms with Crippen LogP contribution in [0.3, 0.4) is 0 Å². The quantitative estimate of drug-likeness (QED) is 0.814. The normalized spacial score (nSPS) is 13.2. The number of carbonyl (C=O) groups excluding carboxylic acids is 1. The molecule has 0 bridgehead atoms. The molecule has 0 saturated carbocycles. The fraction of sp³-hybridized carbons (Fsp3) is 0.533. The Balaban J connectivity index is 3.03. The summed E-state index contributed by atoms with van der Waals surface area (Å²) < 4.78 is 26.1.